The fraction of sp³-hybridized carbons (Fsp3) is 0.875. The van der Waals surface area contributed by atoms with Crippen LogP contribution in [0.5, 0.6) is 0 Å². The van der Waals surface area contributed by atoms with Gasteiger partial charge in [0.15, 0.2) is 5.96 Å². The van der Waals surface area contributed by atoms with Crippen LogP contribution in [0.1, 0.15) is 46.5 Å². The number of guanidine groups is 1. The second-order valence-corrected chi connectivity index (χ2v) is 6.02. The van der Waals surface area contributed by atoms with Crippen LogP contribution in [0.25, 0.3) is 5.73 Å². The van der Waals surface area contributed by atoms with Gasteiger partial charge in [0, 0.05) is 51.1 Å². The van der Waals surface area contributed by atoms with Crippen molar-refractivity contribution >= 4 is 11.9 Å². The molecule has 6 nitrogen and oxygen atoms in total. The van der Waals surface area contributed by atoms with Crippen LogP contribution in [0.2, 0.25) is 0 Å². The summed E-state index contributed by atoms with van der Waals surface area (Å²) in [6.45, 7) is 6.45. The first-order chi connectivity index (χ1) is 10.5. The Morgan fingerprint density at radius 2 is 1.96 bits per heavy atom. The molecule has 0 amide bonds. The molecule has 0 spiro atoms. The van der Waals surface area contributed by atoms with E-state index in [2.05, 4.69) is 24.2 Å². The van der Waals surface area contributed by atoms with Gasteiger partial charge in [-0.15, -0.1) is 6.04 Å². The number of hydrogen-bond donors (Lipinski definition) is 2. The summed E-state index contributed by atoms with van der Waals surface area (Å²) >= 11 is 0. The minimum atomic E-state index is -0.215. The number of esters is 1. The largest absolute Gasteiger partial charge is 0.674 e. The molecule has 1 fully saturated rings. The third-order valence-corrected chi connectivity index (χ3v) is 4.78. The molecule has 1 saturated carbocycles. The van der Waals surface area contributed by atoms with Gasteiger partial charge in [0.2, 0.25) is 0 Å². The van der Waals surface area contributed by atoms with E-state index in [1.807, 2.05) is 6.92 Å². The van der Waals surface area contributed by atoms with E-state index in [0.29, 0.717) is 31.3 Å². The molecule has 4 atom stereocenters. The summed E-state index contributed by atoms with van der Waals surface area (Å²) in [7, 11) is 1.73. The van der Waals surface area contributed by atoms with Gasteiger partial charge in [-0.05, 0) is 25.7 Å². The van der Waals surface area contributed by atoms with Crippen LogP contribution in [-0.2, 0) is 9.53 Å². The summed E-state index contributed by atoms with van der Waals surface area (Å²) in [5.41, 5.74) is 14.4. The monoisotopic (exact) mass is 538 g/mol. The van der Waals surface area contributed by atoms with Crippen LogP contribution in [0.3, 0.4) is 0 Å². The molecule has 1 radical (unpaired) electrons. The van der Waals surface area contributed by atoms with Crippen molar-refractivity contribution in [2.24, 2.45) is 28.5 Å². The molecule has 1 unspecified atom stereocenters. The molecule has 7 heteroatoms. The van der Waals surface area contributed by atoms with Crippen molar-refractivity contribution in [2.45, 2.75) is 58.5 Å². The van der Waals surface area contributed by atoms with Crippen molar-refractivity contribution in [1.82, 2.24) is 5.32 Å². The molecule has 0 heterocycles. The average molecular weight is 538 g/mol. The molecule has 1 aliphatic rings. The van der Waals surface area contributed by atoms with Crippen molar-refractivity contribution in [1.29, 1.82) is 0 Å². The first-order valence-corrected chi connectivity index (χ1v) is 8.37. The van der Waals surface area contributed by atoms with Crippen molar-refractivity contribution in [3.05, 3.63) is 5.73 Å². The number of carbonyl (C=O) groups excluding carboxylic acids is 1. The van der Waals surface area contributed by atoms with Crippen LogP contribution >= 0.6 is 0 Å². The van der Waals surface area contributed by atoms with Crippen molar-refractivity contribution in [3.8, 4) is 0 Å². The van der Waals surface area contributed by atoms with Gasteiger partial charge < -0.3 is 21.5 Å². The quantitative estimate of drug-likeness (QED) is 0.295. The Labute approximate surface area is 176 Å². The van der Waals surface area contributed by atoms with E-state index in [1.165, 1.54) is 0 Å². The molecule has 1 aliphatic carbocycles. The van der Waals surface area contributed by atoms with E-state index in [9.17, 15) is 4.79 Å². The zero-order chi connectivity index (χ0) is 16.7. The SMILES string of the molecule is CCOC(=O)[C@H]1C[C@@H](N=C(N)NC)[C@H](C([NH-])C(CC)CC)C1.[Ac]. The second kappa shape index (κ2) is 11.7. The number of aliphatic imine (C=N–C) groups is 1. The Kier molecular flexibility index (Phi) is 11.7. The second-order valence-electron chi connectivity index (χ2n) is 6.02. The fourth-order valence-electron chi connectivity index (χ4n) is 3.42. The van der Waals surface area contributed by atoms with E-state index in [1.54, 1.807) is 7.05 Å². The third-order valence-electron chi connectivity index (χ3n) is 4.78. The Balaban J connectivity index is 0.00000484. The van der Waals surface area contributed by atoms with E-state index in [-0.39, 0.29) is 74.0 Å². The van der Waals surface area contributed by atoms with Gasteiger partial charge in [0.1, 0.15) is 0 Å². The van der Waals surface area contributed by atoms with Crippen LogP contribution < -0.4 is 11.1 Å². The normalized spacial score (nSPS) is 25.8. The van der Waals surface area contributed by atoms with Gasteiger partial charge in [0.25, 0.3) is 0 Å². The molecule has 0 aliphatic heterocycles. The van der Waals surface area contributed by atoms with Gasteiger partial charge in [-0.25, -0.2) is 4.99 Å². The summed E-state index contributed by atoms with van der Waals surface area (Å²) in [4.78, 5) is 16.5. The number of hydrogen-bond acceptors (Lipinski definition) is 3. The Morgan fingerprint density at radius 1 is 1.35 bits per heavy atom. The van der Waals surface area contributed by atoms with E-state index >= 15 is 0 Å². The molecule has 0 saturated heterocycles. The van der Waals surface area contributed by atoms with Gasteiger partial charge in [-0.3, -0.25) is 4.79 Å². The zero-order valence-corrected chi connectivity index (χ0v) is 19.6. The topological polar surface area (TPSA) is 101 Å². The molecular weight excluding hydrogens is 507 g/mol. The molecule has 23 heavy (non-hydrogen) atoms. The van der Waals surface area contributed by atoms with Gasteiger partial charge >= 0.3 is 5.97 Å². The molecule has 0 aromatic heterocycles. The molecule has 0 bridgehead atoms. The molecule has 131 valence electrons. The molecule has 4 N–H and O–H groups in total. The van der Waals surface area contributed by atoms with Crippen LogP contribution in [0.4, 0.5) is 0 Å². The maximum atomic E-state index is 12.0. The van der Waals surface area contributed by atoms with Gasteiger partial charge in [0.05, 0.1) is 18.6 Å². The van der Waals surface area contributed by atoms with Crippen LogP contribution in [0.15, 0.2) is 4.99 Å². The maximum absolute atomic E-state index is 12.0. The third kappa shape index (κ3) is 6.51. The van der Waals surface area contributed by atoms with Crippen molar-refractivity contribution < 1.29 is 53.6 Å². The summed E-state index contributed by atoms with van der Waals surface area (Å²) in [5.74, 6) is 0.442. The predicted octanol–water partition coefficient (Wildman–Crippen LogP) is 2.34. The number of nitrogens with one attached hydrogen (secondary N) is 2. The Hall–Kier alpha value is 0.142. The minimum Gasteiger partial charge on any atom is -0.674 e. The first-order valence-electron chi connectivity index (χ1n) is 8.37. The number of nitrogens with two attached hydrogens (primary N) is 1. The standard InChI is InChI=1S/C16H31N4O2.Ac/c1-5-10(6-2)14(17)12-8-11(15(21)22-7-3)9-13(12)20-16(18)19-4;/h10-14,17H,5-9H2,1-4H3,(H3,18,19,20);/q-1;/t11-,12-,13-,14?;/m1./s1. The van der Waals surface area contributed by atoms with E-state index < -0.39 is 0 Å². The van der Waals surface area contributed by atoms with Crippen molar-refractivity contribution in [2.75, 3.05) is 13.7 Å². The van der Waals surface area contributed by atoms with Crippen LogP contribution in [0, 0.1) is 61.8 Å². The fourth-order valence-corrected chi connectivity index (χ4v) is 3.42. The Bertz CT molecular complexity index is 388. The molecular formula is C16H31AcN4O2-. The number of nitrogens with zero attached hydrogens (tertiary/aromatic N) is 1. The number of rotatable bonds is 7. The summed E-state index contributed by atoms with van der Waals surface area (Å²) < 4.78 is 5.15. The number of ether oxygens (including phenoxy) is 1. The van der Waals surface area contributed by atoms with Gasteiger partial charge in [-0.1, -0.05) is 32.6 Å². The van der Waals surface area contributed by atoms with Crippen LogP contribution in [-0.4, -0.2) is 37.7 Å². The zero-order valence-electron chi connectivity index (χ0n) is 14.8. The molecule has 0 aromatic carbocycles. The summed E-state index contributed by atoms with van der Waals surface area (Å²) in [5, 5.41) is 2.83. The minimum absolute atomic E-state index is 0. The van der Waals surface area contributed by atoms with Crippen molar-refractivity contribution in [3.63, 3.8) is 0 Å². The predicted molar refractivity (Wildman–Crippen MR) is 89.5 cm³/mol. The van der Waals surface area contributed by atoms with Gasteiger partial charge in [-0.2, -0.15) is 0 Å². The summed E-state index contributed by atoms with van der Waals surface area (Å²) in [6, 6.07) is -0.294. The Morgan fingerprint density at radius 3 is 2.43 bits per heavy atom. The van der Waals surface area contributed by atoms with E-state index in [0.717, 1.165) is 12.8 Å². The molecule has 1 rings (SSSR count). The average Bonchev–Trinajstić information content (AvgIpc) is 2.92. The first kappa shape index (κ1) is 23.1. The number of carbonyl (C=O) groups is 1. The maximum Gasteiger partial charge on any atom is 0.309 e. The smallest absolute Gasteiger partial charge is 0.309 e. The molecule has 0 aromatic rings. The summed E-state index contributed by atoms with van der Waals surface area (Å²) in [6.07, 6.45) is 3.25. The van der Waals surface area contributed by atoms with E-state index in [4.69, 9.17) is 16.2 Å².